The number of benzene rings is 1. The molecule has 0 bridgehead atoms. The maximum absolute atomic E-state index is 10.5. The van der Waals surface area contributed by atoms with Crippen molar-refractivity contribution in [3.05, 3.63) is 30.3 Å². The molecule has 0 aromatic heterocycles. The van der Waals surface area contributed by atoms with Crippen molar-refractivity contribution < 1.29 is 14.4 Å². The molecular formula is C6H9BaO3P. The molecule has 0 aliphatic carbocycles. The van der Waals surface area contributed by atoms with Gasteiger partial charge in [-0.1, -0.05) is 18.2 Å². The summed E-state index contributed by atoms with van der Waals surface area (Å²) in [5.41, 5.74) is 0. The molecule has 11 heavy (non-hydrogen) atoms. The molecule has 1 aromatic carbocycles. The van der Waals surface area contributed by atoms with Gasteiger partial charge in [0.15, 0.2) is 0 Å². The van der Waals surface area contributed by atoms with E-state index in [4.69, 9.17) is 9.79 Å². The van der Waals surface area contributed by atoms with E-state index in [-0.39, 0.29) is 54.2 Å². The summed E-state index contributed by atoms with van der Waals surface area (Å²) in [7, 11) is -4.02. The normalized spacial score (nSPS) is 10.4. The molecule has 5 heteroatoms. The molecule has 2 N–H and O–H groups in total. The van der Waals surface area contributed by atoms with E-state index in [0.29, 0.717) is 0 Å². The van der Waals surface area contributed by atoms with E-state index >= 15 is 0 Å². The molecule has 0 unspecified atom stereocenters. The van der Waals surface area contributed by atoms with E-state index in [9.17, 15) is 4.57 Å². The van der Waals surface area contributed by atoms with Crippen LogP contribution in [0.25, 0.3) is 0 Å². The summed E-state index contributed by atoms with van der Waals surface area (Å²) in [6.07, 6.45) is 0. The van der Waals surface area contributed by atoms with Crippen LogP contribution in [-0.4, -0.2) is 58.7 Å². The van der Waals surface area contributed by atoms with Gasteiger partial charge in [-0.3, -0.25) is 4.57 Å². The van der Waals surface area contributed by atoms with Crippen molar-refractivity contribution in [2.24, 2.45) is 0 Å². The predicted octanol–water partition coefficient (Wildman–Crippen LogP) is -0.427. The first-order valence-corrected chi connectivity index (χ1v) is 4.33. The van der Waals surface area contributed by atoms with Gasteiger partial charge in [0.25, 0.3) is 0 Å². The number of rotatable bonds is 1. The molecule has 0 aliphatic rings. The zero-order valence-electron chi connectivity index (χ0n) is 5.14. The first-order chi connectivity index (χ1) is 4.61. The first kappa shape index (κ1) is 11.9. The number of hydrogen-bond donors (Lipinski definition) is 2. The molecule has 1 rings (SSSR count). The van der Waals surface area contributed by atoms with E-state index in [1.54, 1.807) is 18.2 Å². The Morgan fingerprint density at radius 1 is 1.09 bits per heavy atom. The van der Waals surface area contributed by atoms with Crippen LogP contribution in [0.5, 0.6) is 0 Å². The molecular weight excluding hydrogens is 288 g/mol. The molecule has 0 atom stereocenters. The minimum atomic E-state index is -4.02. The average molecular weight is 297 g/mol. The van der Waals surface area contributed by atoms with Crippen LogP contribution < -0.4 is 5.30 Å². The van der Waals surface area contributed by atoms with Crippen molar-refractivity contribution in [1.82, 2.24) is 0 Å². The molecule has 58 valence electrons. The van der Waals surface area contributed by atoms with Crippen molar-refractivity contribution in [2.75, 3.05) is 0 Å². The first-order valence-electron chi connectivity index (χ1n) is 2.72. The van der Waals surface area contributed by atoms with Gasteiger partial charge < -0.3 is 9.79 Å². The average Bonchev–Trinajstić information content (AvgIpc) is 1.88. The van der Waals surface area contributed by atoms with Crippen molar-refractivity contribution in [1.29, 1.82) is 0 Å². The van der Waals surface area contributed by atoms with Crippen molar-refractivity contribution >= 4 is 61.8 Å². The Kier molecular flexibility index (Phi) is 5.26. The fraction of sp³-hybridized carbons (Fsp3) is 0. The Morgan fingerprint density at radius 2 is 1.55 bits per heavy atom. The van der Waals surface area contributed by atoms with E-state index in [1.807, 2.05) is 0 Å². The predicted molar refractivity (Wildman–Crippen MR) is 46.7 cm³/mol. The van der Waals surface area contributed by atoms with Gasteiger partial charge in [-0.15, -0.1) is 0 Å². The van der Waals surface area contributed by atoms with Crippen LogP contribution in [0.4, 0.5) is 0 Å². The van der Waals surface area contributed by atoms with Gasteiger partial charge in [-0.2, -0.15) is 0 Å². The monoisotopic (exact) mass is 298 g/mol. The summed E-state index contributed by atoms with van der Waals surface area (Å²) >= 11 is 0. The van der Waals surface area contributed by atoms with Crippen LogP contribution in [0.3, 0.4) is 0 Å². The van der Waals surface area contributed by atoms with Gasteiger partial charge in [0.05, 0.1) is 5.30 Å². The van der Waals surface area contributed by atoms with Crippen molar-refractivity contribution in [2.45, 2.75) is 0 Å². The van der Waals surface area contributed by atoms with E-state index in [0.717, 1.165) is 0 Å². The second kappa shape index (κ2) is 4.84. The Labute approximate surface area is 105 Å². The molecule has 0 aliphatic heterocycles. The second-order valence-corrected chi connectivity index (χ2v) is 3.48. The number of hydrogen-bond acceptors (Lipinski definition) is 1. The quantitative estimate of drug-likeness (QED) is 0.546. The van der Waals surface area contributed by atoms with Crippen molar-refractivity contribution in [3.8, 4) is 0 Å². The fourth-order valence-electron chi connectivity index (χ4n) is 0.622. The Hall–Kier alpha value is 0.941. The van der Waals surface area contributed by atoms with Crippen LogP contribution in [0, 0.1) is 0 Å². The van der Waals surface area contributed by atoms with Gasteiger partial charge in [-0.25, -0.2) is 0 Å². The molecule has 0 saturated heterocycles. The third-order valence-corrected chi connectivity index (χ3v) is 2.06. The molecule has 1 aromatic rings. The fourth-order valence-corrected chi connectivity index (χ4v) is 1.18. The third kappa shape index (κ3) is 3.92. The van der Waals surface area contributed by atoms with Gasteiger partial charge in [0.2, 0.25) is 0 Å². The summed E-state index contributed by atoms with van der Waals surface area (Å²) < 4.78 is 10.5. The topological polar surface area (TPSA) is 57.5 Å². The van der Waals surface area contributed by atoms with Gasteiger partial charge >= 0.3 is 56.5 Å². The van der Waals surface area contributed by atoms with Crippen LogP contribution in [0.2, 0.25) is 0 Å². The Morgan fingerprint density at radius 3 is 1.82 bits per heavy atom. The van der Waals surface area contributed by atoms with E-state index in [2.05, 4.69) is 0 Å². The minimum absolute atomic E-state index is 0. The van der Waals surface area contributed by atoms with Crippen LogP contribution in [0.15, 0.2) is 30.3 Å². The van der Waals surface area contributed by atoms with Gasteiger partial charge in [0, 0.05) is 0 Å². The SMILES string of the molecule is O=P(O)(O)c1ccccc1.[BaH2]. The van der Waals surface area contributed by atoms with Crippen LogP contribution in [0.1, 0.15) is 0 Å². The Bertz CT molecular complexity index is 256. The summed E-state index contributed by atoms with van der Waals surface area (Å²) in [6, 6.07) is 7.70. The molecule has 0 amide bonds. The summed E-state index contributed by atoms with van der Waals surface area (Å²) in [6.45, 7) is 0. The summed E-state index contributed by atoms with van der Waals surface area (Å²) in [5, 5.41) is 0.0648. The molecule has 3 nitrogen and oxygen atoms in total. The second-order valence-electron chi connectivity index (χ2n) is 1.88. The summed E-state index contributed by atoms with van der Waals surface area (Å²) in [5.74, 6) is 0. The third-order valence-electron chi connectivity index (χ3n) is 1.09. The maximum atomic E-state index is 10.5. The van der Waals surface area contributed by atoms with Crippen LogP contribution >= 0.6 is 7.60 Å². The van der Waals surface area contributed by atoms with Gasteiger partial charge in [0.1, 0.15) is 0 Å². The molecule has 0 fully saturated rings. The molecule has 0 heterocycles. The van der Waals surface area contributed by atoms with Crippen LogP contribution in [-0.2, 0) is 4.57 Å². The van der Waals surface area contributed by atoms with E-state index in [1.165, 1.54) is 12.1 Å². The molecule has 0 spiro atoms. The standard InChI is InChI=1S/C6H7O3P.Ba.2H/c7-10(8,9)6-4-2-1-3-5-6;;;/h1-5H,(H2,7,8,9);;;. The zero-order chi connectivity index (χ0) is 7.61. The van der Waals surface area contributed by atoms with Crippen molar-refractivity contribution in [3.63, 3.8) is 0 Å². The molecule has 0 radical (unpaired) electrons. The molecule has 0 saturated carbocycles. The van der Waals surface area contributed by atoms with Gasteiger partial charge in [-0.05, 0) is 12.1 Å². The zero-order valence-corrected chi connectivity index (χ0v) is 6.03. The Balaban J connectivity index is 0.000001000. The summed E-state index contributed by atoms with van der Waals surface area (Å²) in [4.78, 5) is 17.2. The van der Waals surface area contributed by atoms with E-state index < -0.39 is 7.60 Å².